The van der Waals surface area contributed by atoms with Crippen molar-refractivity contribution in [3.63, 3.8) is 0 Å². The minimum atomic E-state index is -3.39. The van der Waals surface area contributed by atoms with Crippen molar-refractivity contribution in [3.05, 3.63) is 54.2 Å². The average molecular weight is 323 g/mol. The van der Waals surface area contributed by atoms with E-state index < -0.39 is 10.0 Å². The van der Waals surface area contributed by atoms with E-state index in [0.717, 1.165) is 6.26 Å². The number of nitrogens with zero attached hydrogens (tertiary/aromatic N) is 2. The van der Waals surface area contributed by atoms with Gasteiger partial charge in [-0.25, -0.2) is 8.42 Å². The third-order valence-electron chi connectivity index (χ3n) is 2.95. The average Bonchev–Trinajstić information content (AvgIpc) is 2.99. The summed E-state index contributed by atoms with van der Waals surface area (Å²) < 4.78 is 29.9. The van der Waals surface area contributed by atoms with Crippen LogP contribution in [0.4, 0.5) is 0 Å². The summed E-state index contributed by atoms with van der Waals surface area (Å²) in [5.74, 6) is 0.253. The lowest BCUT2D eigenvalue weighted by Gasteiger charge is -2.18. The molecule has 0 bridgehead atoms. The molecule has 0 unspecified atom stereocenters. The highest BCUT2D eigenvalue weighted by molar-refractivity contribution is 7.88. The fourth-order valence-electron chi connectivity index (χ4n) is 1.83. The van der Waals surface area contributed by atoms with Crippen molar-refractivity contribution in [1.82, 2.24) is 14.6 Å². The van der Waals surface area contributed by atoms with Crippen molar-refractivity contribution in [2.24, 2.45) is 0 Å². The van der Waals surface area contributed by atoms with Gasteiger partial charge in [0.1, 0.15) is 5.76 Å². The Morgan fingerprint density at radius 2 is 2.18 bits per heavy atom. The number of hydrogen-bond donors (Lipinski definition) is 1. The van der Waals surface area contributed by atoms with E-state index in [-0.39, 0.29) is 25.5 Å². The third kappa shape index (κ3) is 4.68. The fourth-order valence-corrected chi connectivity index (χ4v) is 2.62. The molecule has 0 fully saturated rings. The van der Waals surface area contributed by atoms with Crippen LogP contribution in [-0.4, -0.2) is 43.0 Å². The van der Waals surface area contributed by atoms with Gasteiger partial charge in [-0.05, 0) is 24.3 Å². The smallest absolute Gasteiger partial charge is 0.252 e. The number of pyridine rings is 1. The second-order valence-corrected chi connectivity index (χ2v) is 6.66. The van der Waals surface area contributed by atoms with E-state index in [4.69, 9.17) is 4.42 Å². The molecule has 0 atom stereocenters. The van der Waals surface area contributed by atoms with Gasteiger partial charge < -0.3 is 9.73 Å². The van der Waals surface area contributed by atoms with E-state index in [0.29, 0.717) is 11.3 Å². The molecule has 2 rings (SSSR count). The number of nitrogens with one attached hydrogen (secondary N) is 1. The monoisotopic (exact) mass is 323 g/mol. The molecule has 7 nitrogen and oxygen atoms in total. The van der Waals surface area contributed by atoms with E-state index in [1.165, 1.54) is 16.8 Å². The van der Waals surface area contributed by atoms with Gasteiger partial charge >= 0.3 is 0 Å². The van der Waals surface area contributed by atoms with Gasteiger partial charge in [0.2, 0.25) is 10.0 Å². The molecule has 2 heterocycles. The fraction of sp³-hybridized carbons (Fsp3) is 0.286. The first kappa shape index (κ1) is 16.2. The van der Waals surface area contributed by atoms with E-state index in [1.807, 2.05) is 0 Å². The van der Waals surface area contributed by atoms with Crippen LogP contribution in [0.1, 0.15) is 16.1 Å². The largest absolute Gasteiger partial charge is 0.468 e. The van der Waals surface area contributed by atoms with Crippen LogP contribution in [0.3, 0.4) is 0 Å². The number of rotatable bonds is 7. The molecule has 0 aliphatic rings. The summed E-state index contributed by atoms with van der Waals surface area (Å²) in [4.78, 5) is 15.7. The summed E-state index contributed by atoms with van der Waals surface area (Å²) in [7, 11) is -3.39. The maximum atomic E-state index is 11.9. The Hall–Kier alpha value is -2.19. The molecule has 0 saturated carbocycles. The predicted molar refractivity (Wildman–Crippen MR) is 80.5 cm³/mol. The minimum Gasteiger partial charge on any atom is -0.468 e. The zero-order valence-corrected chi connectivity index (χ0v) is 12.9. The zero-order chi connectivity index (χ0) is 16.0. The van der Waals surface area contributed by atoms with Gasteiger partial charge in [0, 0.05) is 25.5 Å². The molecular weight excluding hydrogens is 306 g/mol. The van der Waals surface area contributed by atoms with Gasteiger partial charge in [0.15, 0.2) is 0 Å². The molecule has 8 heteroatoms. The maximum Gasteiger partial charge on any atom is 0.252 e. The molecule has 118 valence electrons. The Bertz CT molecular complexity index is 699. The highest BCUT2D eigenvalue weighted by Crippen LogP contribution is 2.08. The predicted octanol–water partition coefficient (Wildman–Crippen LogP) is 0.866. The quantitative estimate of drug-likeness (QED) is 0.816. The summed E-state index contributed by atoms with van der Waals surface area (Å²) in [6.07, 6.45) is 5.64. The summed E-state index contributed by atoms with van der Waals surface area (Å²) in [6, 6.07) is 6.69. The van der Waals surface area contributed by atoms with Gasteiger partial charge in [0.25, 0.3) is 5.91 Å². The summed E-state index contributed by atoms with van der Waals surface area (Å²) in [5, 5.41) is 2.67. The van der Waals surface area contributed by atoms with Crippen molar-refractivity contribution in [2.75, 3.05) is 19.3 Å². The zero-order valence-electron chi connectivity index (χ0n) is 12.1. The molecular formula is C14H17N3O4S. The van der Waals surface area contributed by atoms with Gasteiger partial charge in [-0.1, -0.05) is 0 Å². The molecule has 2 aromatic rings. The van der Waals surface area contributed by atoms with Crippen LogP contribution < -0.4 is 5.32 Å². The highest BCUT2D eigenvalue weighted by atomic mass is 32.2. The summed E-state index contributed by atoms with van der Waals surface area (Å²) >= 11 is 0. The molecule has 2 aromatic heterocycles. The Morgan fingerprint density at radius 1 is 1.36 bits per heavy atom. The van der Waals surface area contributed by atoms with Crippen molar-refractivity contribution in [3.8, 4) is 0 Å². The van der Waals surface area contributed by atoms with E-state index in [9.17, 15) is 13.2 Å². The first-order valence-corrected chi connectivity index (χ1v) is 8.47. The first-order valence-electron chi connectivity index (χ1n) is 6.62. The Morgan fingerprint density at radius 3 is 2.77 bits per heavy atom. The lowest BCUT2D eigenvalue weighted by Crippen LogP contribution is -2.37. The highest BCUT2D eigenvalue weighted by Gasteiger charge is 2.18. The molecule has 1 amide bonds. The Kier molecular flexibility index (Phi) is 5.29. The van der Waals surface area contributed by atoms with Crippen LogP contribution in [0, 0.1) is 0 Å². The number of carbonyl (C=O) groups is 1. The van der Waals surface area contributed by atoms with E-state index in [1.54, 1.807) is 30.5 Å². The van der Waals surface area contributed by atoms with Gasteiger partial charge in [0.05, 0.1) is 24.6 Å². The first-order chi connectivity index (χ1) is 10.5. The lowest BCUT2D eigenvalue weighted by atomic mass is 10.3. The molecule has 0 aromatic carbocycles. The molecule has 0 saturated heterocycles. The van der Waals surface area contributed by atoms with Crippen LogP contribution in [0.15, 0.2) is 47.3 Å². The van der Waals surface area contributed by atoms with Crippen LogP contribution in [-0.2, 0) is 16.6 Å². The number of hydrogen-bond acceptors (Lipinski definition) is 5. The normalized spacial score (nSPS) is 11.5. The number of amides is 1. The topological polar surface area (TPSA) is 92.5 Å². The number of carbonyl (C=O) groups excluding carboxylic acids is 1. The molecule has 1 N–H and O–H groups in total. The van der Waals surface area contributed by atoms with Crippen LogP contribution in [0.2, 0.25) is 0 Å². The number of sulfonamides is 1. The van der Waals surface area contributed by atoms with Crippen LogP contribution in [0.25, 0.3) is 0 Å². The van der Waals surface area contributed by atoms with Crippen LogP contribution >= 0.6 is 0 Å². The van der Waals surface area contributed by atoms with E-state index in [2.05, 4.69) is 10.3 Å². The number of aromatic nitrogens is 1. The van der Waals surface area contributed by atoms with Crippen molar-refractivity contribution < 1.29 is 17.6 Å². The maximum absolute atomic E-state index is 11.9. The minimum absolute atomic E-state index is 0.134. The van der Waals surface area contributed by atoms with Crippen LogP contribution in [0.5, 0.6) is 0 Å². The van der Waals surface area contributed by atoms with Crippen molar-refractivity contribution in [2.45, 2.75) is 6.54 Å². The summed E-state index contributed by atoms with van der Waals surface area (Å²) in [5.41, 5.74) is 0.430. The second kappa shape index (κ2) is 7.19. The lowest BCUT2D eigenvalue weighted by molar-refractivity contribution is 0.0951. The molecule has 0 spiro atoms. The molecule has 22 heavy (non-hydrogen) atoms. The molecule has 0 aliphatic heterocycles. The second-order valence-electron chi connectivity index (χ2n) is 4.67. The number of furan rings is 1. The van der Waals surface area contributed by atoms with E-state index >= 15 is 0 Å². The molecule has 0 radical (unpaired) electrons. The Labute approximate surface area is 129 Å². The Balaban J connectivity index is 1.90. The van der Waals surface area contributed by atoms with Crippen molar-refractivity contribution in [1.29, 1.82) is 0 Å². The third-order valence-corrected chi connectivity index (χ3v) is 4.20. The van der Waals surface area contributed by atoms with Gasteiger partial charge in [-0.2, -0.15) is 4.31 Å². The van der Waals surface area contributed by atoms with Gasteiger partial charge in [-0.15, -0.1) is 0 Å². The standard InChI is InChI=1S/C14H17N3O4S/c1-22(19,20)17(11-13-5-3-9-21-13)8-7-16-14(18)12-4-2-6-15-10-12/h2-6,9-10H,7-8,11H2,1H3,(H,16,18). The van der Waals surface area contributed by atoms with Gasteiger partial charge in [-0.3, -0.25) is 9.78 Å². The SMILES string of the molecule is CS(=O)(=O)N(CCNC(=O)c1cccnc1)Cc1ccco1. The summed E-state index contributed by atoms with van der Waals surface area (Å²) in [6.45, 7) is 0.488. The molecule has 0 aliphatic carbocycles. The van der Waals surface area contributed by atoms with Crippen molar-refractivity contribution >= 4 is 15.9 Å².